The number of alkyl carbamates (subject to hydrolysis) is 1. The van der Waals surface area contributed by atoms with Gasteiger partial charge < -0.3 is 25.2 Å². The molecule has 2 aromatic rings. The molecule has 0 saturated heterocycles. The Morgan fingerprint density at radius 1 is 1.03 bits per heavy atom. The first-order valence-corrected chi connectivity index (χ1v) is 11.5. The Labute approximate surface area is 198 Å². The smallest absolute Gasteiger partial charge is 0.407 e. The van der Waals surface area contributed by atoms with Gasteiger partial charge in [0.2, 0.25) is 5.91 Å². The number of methoxy groups -OCH3 is 1. The Balaban J connectivity index is 1.38. The summed E-state index contributed by atoms with van der Waals surface area (Å²) in [6, 6.07) is 15.8. The van der Waals surface area contributed by atoms with E-state index in [9.17, 15) is 19.5 Å². The second-order valence-corrected chi connectivity index (χ2v) is 9.17. The van der Waals surface area contributed by atoms with Gasteiger partial charge in [0, 0.05) is 19.1 Å². The molecule has 2 aliphatic rings. The summed E-state index contributed by atoms with van der Waals surface area (Å²) in [6.07, 6.45) is 1.35. The maximum Gasteiger partial charge on any atom is 0.407 e. The molecule has 0 aromatic heterocycles. The van der Waals surface area contributed by atoms with Gasteiger partial charge in [-0.3, -0.25) is 4.79 Å². The van der Waals surface area contributed by atoms with Crippen LogP contribution in [0.25, 0.3) is 11.1 Å². The summed E-state index contributed by atoms with van der Waals surface area (Å²) in [6.45, 7) is 1.43. The topological polar surface area (TPSA) is 114 Å². The maximum absolute atomic E-state index is 12.9. The first-order chi connectivity index (χ1) is 16.3. The Bertz CT molecular complexity index is 1040. The zero-order valence-electron chi connectivity index (χ0n) is 19.4. The fourth-order valence-electron chi connectivity index (χ4n) is 5.04. The molecule has 3 atom stereocenters. The van der Waals surface area contributed by atoms with Crippen LogP contribution in [-0.4, -0.2) is 55.0 Å². The van der Waals surface area contributed by atoms with Gasteiger partial charge >= 0.3 is 12.1 Å². The molecule has 0 aliphatic heterocycles. The van der Waals surface area contributed by atoms with Crippen molar-refractivity contribution in [1.82, 2.24) is 10.6 Å². The molecular weight excluding hydrogens is 436 g/mol. The summed E-state index contributed by atoms with van der Waals surface area (Å²) in [4.78, 5) is 37.1. The number of amides is 2. The fraction of sp³-hybridized carbons (Fsp3) is 0.423. The Kier molecular flexibility index (Phi) is 6.88. The van der Waals surface area contributed by atoms with E-state index < -0.39 is 35.5 Å². The molecule has 2 aromatic carbocycles. The van der Waals surface area contributed by atoms with Crippen molar-refractivity contribution in [3.63, 3.8) is 0 Å². The van der Waals surface area contributed by atoms with E-state index in [0.29, 0.717) is 12.8 Å². The Morgan fingerprint density at radius 3 is 2.24 bits per heavy atom. The molecule has 8 heteroatoms. The standard InChI is InChI=1S/C26H30N2O6/c1-26(15-33-2,24(30)31)28-23(29)20-12-7-13-22(20)27-25(32)34-14-21-18-10-5-3-8-16(18)17-9-4-6-11-19(17)21/h3-6,8-11,20-22H,7,12-15H2,1-2H3,(H,27,32)(H,28,29)(H,30,31)/t20-,22+,26?/m0/s1. The predicted octanol–water partition coefficient (Wildman–Crippen LogP) is 3.30. The monoisotopic (exact) mass is 466 g/mol. The minimum Gasteiger partial charge on any atom is -0.479 e. The lowest BCUT2D eigenvalue weighted by Crippen LogP contribution is -2.58. The first-order valence-electron chi connectivity index (χ1n) is 11.5. The number of benzene rings is 2. The summed E-state index contributed by atoms with van der Waals surface area (Å²) in [7, 11) is 1.38. The number of rotatable bonds is 8. The fourth-order valence-corrected chi connectivity index (χ4v) is 5.04. The number of hydrogen-bond donors (Lipinski definition) is 3. The van der Waals surface area contributed by atoms with Gasteiger partial charge in [0.05, 0.1) is 12.5 Å². The Hall–Kier alpha value is -3.39. The van der Waals surface area contributed by atoms with E-state index in [0.717, 1.165) is 28.7 Å². The van der Waals surface area contributed by atoms with Gasteiger partial charge in [-0.25, -0.2) is 9.59 Å². The van der Waals surface area contributed by atoms with E-state index in [1.807, 2.05) is 24.3 Å². The molecule has 4 rings (SSSR count). The SMILES string of the molecule is COCC(C)(NC(=O)[C@H]1CCC[C@H]1NC(=O)OCC1c2ccccc2-c2ccccc21)C(=O)O. The highest BCUT2D eigenvalue weighted by Crippen LogP contribution is 2.44. The van der Waals surface area contributed by atoms with Crippen molar-refractivity contribution in [3.8, 4) is 11.1 Å². The van der Waals surface area contributed by atoms with Crippen molar-refractivity contribution in [2.24, 2.45) is 5.92 Å². The zero-order valence-corrected chi connectivity index (χ0v) is 19.4. The van der Waals surface area contributed by atoms with E-state index in [-0.39, 0.29) is 19.1 Å². The highest BCUT2D eigenvalue weighted by molar-refractivity contribution is 5.88. The van der Waals surface area contributed by atoms with E-state index in [2.05, 4.69) is 34.9 Å². The van der Waals surface area contributed by atoms with Crippen molar-refractivity contribution < 1.29 is 29.0 Å². The van der Waals surface area contributed by atoms with E-state index in [4.69, 9.17) is 9.47 Å². The molecule has 1 saturated carbocycles. The zero-order chi connectivity index (χ0) is 24.3. The molecule has 0 radical (unpaired) electrons. The maximum atomic E-state index is 12.9. The summed E-state index contributed by atoms with van der Waals surface area (Å²) in [5.74, 6) is -2.17. The van der Waals surface area contributed by atoms with Crippen molar-refractivity contribution >= 4 is 18.0 Å². The third-order valence-electron chi connectivity index (χ3n) is 6.80. The van der Waals surface area contributed by atoms with Crippen molar-refractivity contribution in [3.05, 3.63) is 59.7 Å². The highest BCUT2D eigenvalue weighted by atomic mass is 16.5. The average Bonchev–Trinajstić information content (AvgIpc) is 3.40. The summed E-state index contributed by atoms with van der Waals surface area (Å²) < 4.78 is 10.6. The lowest BCUT2D eigenvalue weighted by Gasteiger charge is -2.28. The second kappa shape index (κ2) is 9.85. The number of carboxylic acid groups (broad SMARTS) is 1. The molecule has 2 aliphatic carbocycles. The number of aliphatic carboxylic acids is 1. The summed E-state index contributed by atoms with van der Waals surface area (Å²) in [5.41, 5.74) is 3.01. The molecule has 8 nitrogen and oxygen atoms in total. The normalized spacial score (nSPS) is 20.6. The number of nitrogens with one attached hydrogen (secondary N) is 2. The molecule has 0 bridgehead atoms. The number of carbonyl (C=O) groups excluding carboxylic acids is 2. The second-order valence-electron chi connectivity index (χ2n) is 9.17. The van der Waals surface area contributed by atoms with Crippen LogP contribution >= 0.6 is 0 Å². The predicted molar refractivity (Wildman–Crippen MR) is 125 cm³/mol. The van der Waals surface area contributed by atoms with Gasteiger partial charge in [0.15, 0.2) is 5.54 Å². The highest BCUT2D eigenvalue weighted by Gasteiger charge is 2.41. The summed E-state index contributed by atoms with van der Waals surface area (Å²) >= 11 is 0. The molecule has 0 heterocycles. The largest absolute Gasteiger partial charge is 0.479 e. The van der Waals surface area contributed by atoms with Crippen molar-refractivity contribution in [2.75, 3.05) is 20.3 Å². The molecule has 0 spiro atoms. The summed E-state index contributed by atoms with van der Waals surface area (Å²) in [5, 5.41) is 14.9. The molecule has 1 fully saturated rings. The van der Waals surface area contributed by atoms with Crippen LogP contribution in [0, 0.1) is 5.92 Å². The van der Waals surface area contributed by atoms with E-state index >= 15 is 0 Å². The Morgan fingerprint density at radius 2 is 1.65 bits per heavy atom. The van der Waals surface area contributed by atoms with Crippen LogP contribution in [0.4, 0.5) is 4.79 Å². The number of hydrogen-bond acceptors (Lipinski definition) is 5. The van der Waals surface area contributed by atoms with Gasteiger partial charge in [0.1, 0.15) is 6.61 Å². The van der Waals surface area contributed by atoms with Crippen LogP contribution in [0.3, 0.4) is 0 Å². The van der Waals surface area contributed by atoms with Crippen LogP contribution in [0.2, 0.25) is 0 Å². The number of carboxylic acids is 1. The van der Waals surface area contributed by atoms with Crippen LogP contribution in [0.1, 0.15) is 43.2 Å². The lowest BCUT2D eigenvalue weighted by molar-refractivity contribution is -0.150. The van der Waals surface area contributed by atoms with E-state index in [1.54, 1.807) is 0 Å². The van der Waals surface area contributed by atoms with Gasteiger partial charge in [-0.05, 0) is 42.0 Å². The van der Waals surface area contributed by atoms with Crippen molar-refractivity contribution in [1.29, 1.82) is 0 Å². The molecule has 2 amide bonds. The number of fused-ring (bicyclic) bond motifs is 3. The quantitative estimate of drug-likeness (QED) is 0.550. The number of carbonyl (C=O) groups is 3. The molecule has 180 valence electrons. The average molecular weight is 467 g/mol. The molecular formula is C26H30N2O6. The third-order valence-corrected chi connectivity index (χ3v) is 6.80. The van der Waals surface area contributed by atoms with E-state index in [1.165, 1.54) is 14.0 Å². The third kappa shape index (κ3) is 4.63. The minimum absolute atomic E-state index is 0.0499. The van der Waals surface area contributed by atoms with Crippen molar-refractivity contribution in [2.45, 2.75) is 43.7 Å². The lowest BCUT2D eigenvalue weighted by atomic mass is 9.98. The van der Waals surface area contributed by atoms with Crippen LogP contribution in [-0.2, 0) is 19.1 Å². The van der Waals surface area contributed by atoms with Gasteiger partial charge in [0.25, 0.3) is 0 Å². The van der Waals surface area contributed by atoms with Crippen LogP contribution in [0.15, 0.2) is 48.5 Å². The number of ether oxygens (including phenoxy) is 2. The van der Waals surface area contributed by atoms with Gasteiger partial charge in [-0.2, -0.15) is 0 Å². The van der Waals surface area contributed by atoms with Gasteiger partial charge in [-0.15, -0.1) is 0 Å². The van der Waals surface area contributed by atoms with Crippen LogP contribution in [0.5, 0.6) is 0 Å². The molecule has 1 unspecified atom stereocenters. The molecule has 3 N–H and O–H groups in total. The van der Waals surface area contributed by atoms with Gasteiger partial charge in [-0.1, -0.05) is 55.0 Å². The molecule has 34 heavy (non-hydrogen) atoms. The minimum atomic E-state index is -1.54. The van der Waals surface area contributed by atoms with Crippen LogP contribution < -0.4 is 10.6 Å². The first kappa shape index (κ1) is 23.8.